The third-order valence-electron chi connectivity index (χ3n) is 5.19. The summed E-state index contributed by atoms with van der Waals surface area (Å²) in [5.41, 5.74) is 0.159. The summed E-state index contributed by atoms with van der Waals surface area (Å²) in [5.74, 6) is -0.288. The molecule has 2 aromatic carbocycles. The zero-order chi connectivity index (χ0) is 24.2. The number of halogens is 5. The molecular weight excluding hydrogens is 449 g/mol. The van der Waals surface area contributed by atoms with Gasteiger partial charge in [-0.25, -0.2) is 4.79 Å². The van der Waals surface area contributed by atoms with Crippen LogP contribution < -0.4 is 9.64 Å². The molecule has 0 radical (unpaired) electrons. The van der Waals surface area contributed by atoms with E-state index in [0.29, 0.717) is 17.3 Å². The maximum atomic E-state index is 13.6. The first-order valence-corrected chi connectivity index (χ1v) is 9.96. The third-order valence-corrected chi connectivity index (χ3v) is 5.19. The minimum absolute atomic E-state index is 0.229. The number of methoxy groups -OCH3 is 1. The van der Waals surface area contributed by atoms with Crippen LogP contribution in [0.3, 0.4) is 0 Å². The molecule has 5 nitrogen and oxygen atoms in total. The molecule has 0 amide bonds. The number of hydrogen-bond donors (Lipinski definition) is 0. The molecule has 0 N–H and O–H groups in total. The fourth-order valence-electron chi connectivity index (χ4n) is 3.52. The Hall–Kier alpha value is -3.14. The summed E-state index contributed by atoms with van der Waals surface area (Å²) in [7, 11) is 1.26. The van der Waals surface area contributed by atoms with E-state index in [-0.39, 0.29) is 25.3 Å². The molecule has 1 heterocycles. The number of esters is 1. The molecule has 3 rings (SSSR count). The van der Waals surface area contributed by atoms with Crippen LogP contribution in [0.2, 0.25) is 0 Å². The average molecular weight is 471 g/mol. The van der Waals surface area contributed by atoms with Crippen molar-refractivity contribution >= 4 is 11.7 Å². The van der Waals surface area contributed by atoms with Crippen molar-refractivity contribution in [3.05, 3.63) is 72.3 Å². The van der Waals surface area contributed by atoms with Crippen LogP contribution in [-0.2, 0) is 15.7 Å². The fraction of sp³-hybridized carbons (Fsp3) is 0.348. The zero-order valence-electron chi connectivity index (χ0n) is 17.6. The average Bonchev–Trinajstić information content (AvgIpc) is 3.19. The molecule has 2 aromatic rings. The summed E-state index contributed by atoms with van der Waals surface area (Å²) in [6.45, 7) is 2.97. The zero-order valence-corrected chi connectivity index (χ0v) is 17.6. The van der Waals surface area contributed by atoms with Crippen molar-refractivity contribution in [1.82, 2.24) is 0 Å². The van der Waals surface area contributed by atoms with E-state index in [4.69, 9.17) is 9.47 Å². The highest BCUT2D eigenvalue weighted by Crippen LogP contribution is 2.33. The molecule has 0 spiro atoms. The van der Waals surface area contributed by atoms with Crippen molar-refractivity contribution in [3.63, 3.8) is 0 Å². The van der Waals surface area contributed by atoms with Crippen molar-refractivity contribution in [2.45, 2.75) is 30.9 Å². The fourth-order valence-corrected chi connectivity index (χ4v) is 3.52. The van der Waals surface area contributed by atoms with Crippen LogP contribution in [0.1, 0.15) is 22.3 Å². The number of nitrogens with zero attached hydrogens (tertiary/aromatic N) is 1. The summed E-state index contributed by atoms with van der Waals surface area (Å²) >= 11 is 0. The number of carbonyl (C=O) groups excluding carboxylic acids is 1. The predicted molar refractivity (Wildman–Crippen MR) is 110 cm³/mol. The van der Waals surface area contributed by atoms with Gasteiger partial charge >= 0.3 is 18.3 Å². The topological polar surface area (TPSA) is 48.0 Å². The Kier molecular flexibility index (Phi) is 7.26. The van der Waals surface area contributed by atoms with Crippen LogP contribution in [0.5, 0.6) is 5.75 Å². The standard InChI is InChI=1S/C23H22F5NO4/c1-3-22(24,25)32-14-18-12-20(33-19-10-6-16(7-11-19)23(26,27)28)13-29(18)17-8-4-15(5-9-17)21(30)31-2/h3-11,18,20H,1,12-14H2,2H3/t18-,20+/m0/s1. The SMILES string of the molecule is C=CC(F)(F)OC[C@@H]1C[C@@H](Oc2ccc(C(F)(F)F)cc2)CN1c1ccc(C(=O)OC)cc1. The Morgan fingerprint density at radius 2 is 1.73 bits per heavy atom. The quantitative estimate of drug-likeness (QED) is 0.297. The highest BCUT2D eigenvalue weighted by Gasteiger charge is 2.37. The third kappa shape index (κ3) is 6.22. The second-order valence-corrected chi connectivity index (χ2v) is 7.42. The van der Waals surface area contributed by atoms with E-state index >= 15 is 0 Å². The first-order valence-electron chi connectivity index (χ1n) is 9.96. The molecule has 0 aromatic heterocycles. The van der Waals surface area contributed by atoms with Crippen molar-refractivity contribution in [3.8, 4) is 5.75 Å². The van der Waals surface area contributed by atoms with Gasteiger partial charge in [0.15, 0.2) is 0 Å². The second-order valence-electron chi connectivity index (χ2n) is 7.42. The summed E-state index contributed by atoms with van der Waals surface area (Å²) in [4.78, 5) is 13.4. The van der Waals surface area contributed by atoms with Gasteiger partial charge in [-0.15, -0.1) is 0 Å². The molecule has 33 heavy (non-hydrogen) atoms. The van der Waals surface area contributed by atoms with Gasteiger partial charge in [0.05, 0.1) is 37.4 Å². The Balaban J connectivity index is 1.76. The number of hydrogen-bond acceptors (Lipinski definition) is 5. The minimum Gasteiger partial charge on any atom is -0.489 e. The summed E-state index contributed by atoms with van der Waals surface area (Å²) in [6.07, 6.45) is -7.78. The maximum Gasteiger partial charge on any atom is 0.416 e. The highest BCUT2D eigenvalue weighted by molar-refractivity contribution is 5.89. The lowest BCUT2D eigenvalue weighted by molar-refractivity contribution is -0.202. The van der Waals surface area contributed by atoms with Gasteiger partial charge in [-0.3, -0.25) is 0 Å². The molecule has 1 saturated heterocycles. The number of anilines is 1. The summed E-state index contributed by atoms with van der Waals surface area (Å²) < 4.78 is 80.6. The molecule has 1 aliphatic rings. The molecule has 1 fully saturated rings. The van der Waals surface area contributed by atoms with Gasteiger partial charge in [-0.1, -0.05) is 6.58 Å². The van der Waals surface area contributed by atoms with Gasteiger partial charge in [-0.05, 0) is 48.5 Å². The summed E-state index contributed by atoms with van der Waals surface area (Å²) in [6, 6.07) is 10.1. The van der Waals surface area contributed by atoms with Crippen LogP contribution in [0.15, 0.2) is 61.2 Å². The van der Waals surface area contributed by atoms with E-state index in [1.165, 1.54) is 19.2 Å². The Morgan fingerprint density at radius 3 is 2.27 bits per heavy atom. The summed E-state index contributed by atoms with van der Waals surface area (Å²) in [5, 5.41) is 0. The van der Waals surface area contributed by atoms with Crippen LogP contribution >= 0.6 is 0 Å². The molecule has 0 unspecified atom stereocenters. The lowest BCUT2D eigenvalue weighted by atomic mass is 10.1. The molecule has 0 saturated carbocycles. The number of carbonyl (C=O) groups is 1. The van der Waals surface area contributed by atoms with Gasteiger partial charge in [0.1, 0.15) is 11.9 Å². The van der Waals surface area contributed by atoms with Gasteiger partial charge in [0.25, 0.3) is 0 Å². The number of alkyl halides is 5. The first kappa shape index (κ1) is 24.5. The second kappa shape index (κ2) is 9.78. The predicted octanol–water partition coefficient (Wildman–Crippen LogP) is 5.31. The molecular formula is C23H22F5NO4. The Morgan fingerprint density at radius 1 is 1.09 bits per heavy atom. The number of benzene rings is 2. The normalized spacial score (nSPS) is 18.8. The van der Waals surface area contributed by atoms with Gasteiger partial charge in [-0.2, -0.15) is 22.0 Å². The highest BCUT2D eigenvalue weighted by atomic mass is 19.4. The van der Waals surface area contributed by atoms with Crippen molar-refractivity contribution in [1.29, 1.82) is 0 Å². The lowest BCUT2D eigenvalue weighted by Gasteiger charge is -2.27. The van der Waals surface area contributed by atoms with Crippen LogP contribution in [0.25, 0.3) is 0 Å². The van der Waals surface area contributed by atoms with Crippen molar-refractivity contribution in [2.75, 3.05) is 25.2 Å². The molecule has 0 bridgehead atoms. The molecule has 2 atom stereocenters. The van der Waals surface area contributed by atoms with E-state index in [2.05, 4.69) is 11.3 Å². The monoisotopic (exact) mass is 471 g/mol. The van der Waals surface area contributed by atoms with Crippen LogP contribution in [-0.4, -0.2) is 44.5 Å². The van der Waals surface area contributed by atoms with E-state index in [9.17, 15) is 26.7 Å². The van der Waals surface area contributed by atoms with Gasteiger partial charge in [0, 0.05) is 18.2 Å². The smallest absolute Gasteiger partial charge is 0.416 e. The van der Waals surface area contributed by atoms with E-state index < -0.39 is 36.0 Å². The number of ether oxygens (including phenoxy) is 3. The van der Waals surface area contributed by atoms with Gasteiger partial charge < -0.3 is 19.1 Å². The lowest BCUT2D eigenvalue weighted by Crippen LogP contribution is -2.35. The Labute approximate surface area is 187 Å². The largest absolute Gasteiger partial charge is 0.489 e. The molecule has 0 aliphatic carbocycles. The van der Waals surface area contributed by atoms with Crippen molar-refractivity contribution in [2.24, 2.45) is 0 Å². The molecule has 178 valence electrons. The molecule has 1 aliphatic heterocycles. The molecule has 10 heteroatoms. The minimum atomic E-state index is -4.46. The van der Waals surface area contributed by atoms with Gasteiger partial charge in [0.2, 0.25) is 0 Å². The van der Waals surface area contributed by atoms with Crippen molar-refractivity contribution < 1.29 is 41.0 Å². The van der Waals surface area contributed by atoms with E-state index in [0.717, 1.165) is 12.1 Å². The Bertz CT molecular complexity index is 960. The van der Waals surface area contributed by atoms with Crippen LogP contribution in [0.4, 0.5) is 27.6 Å². The number of rotatable bonds is 8. The maximum absolute atomic E-state index is 13.6. The first-order chi connectivity index (χ1) is 15.5. The van der Waals surface area contributed by atoms with E-state index in [1.807, 2.05) is 0 Å². The van der Waals surface area contributed by atoms with Crippen LogP contribution in [0, 0.1) is 0 Å². The van der Waals surface area contributed by atoms with E-state index in [1.54, 1.807) is 29.2 Å².